The summed E-state index contributed by atoms with van der Waals surface area (Å²) in [6.07, 6.45) is 15.0. The zero-order valence-electron chi connectivity index (χ0n) is 21.1. The molecule has 0 spiro atoms. The van der Waals surface area contributed by atoms with Gasteiger partial charge in [0, 0.05) is 48.1 Å². The Morgan fingerprint density at radius 1 is 1.11 bits per heavy atom. The maximum Gasteiger partial charge on any atom is 0.252 e. The fraction of sp³-hybridized carbons (Fsp3) is 0.357. The standard InChI is InChI=1S/C28H28N8O2/c1-28-8-4-5-20(27(38)36-9-2-3-10-36)23(28)32-25(33-28)22-21-12-18(14-30-24(21)35-34-22)17-11-19(15-29-13-17)31-26(37)16-6-7-16/h4-5,8,11-16,23H,2-3,6-7,9-10H2,1H3,(H,31,37)(H,32,33)(H,30,34,35). The molecule has 192 valence electrons. The number of fused-ring (bicyclic) bond motifs is 2. The summed E-state index contributed by atoms with van der Waals surface area (Å²) in [4.78, 5) is 41.3. The summed E-state index contributed by atoms with van der Waals surface area (Å²) in [7, 11) is 0. The van der Waals surface area contributed by atoms with E-state index in [0.29, 0.717) is 22.7 Å². The Bertz CT molecular complexity index is 1560. The first-order valence-corrected chi connectivity index (χ1v) is 13.1. The van der Waals surface area contributed by atoms with E-state index in [1.165, 1.54) is 0 Å². The molecule has 7 rings (SSSR count). The normalized spacial score (nSPS) is 24.1. The lowest BCUT2D eigenvalue weighted by atomic mass is 9.83. The Kier molecular flexibility index (Phi) is 5.17. The van der Waals surface area contributed by atoms with Crippen molar-refractivity contribution in [3.63, 3.8) is 0 Å². The number of likely N-dealkylation sites (tertiary alicyclic amines) is 1. The number of pyridine rings is 2. The van der Waals surface area contributed by atoms with E-state index in [4.69, 9.17) is 4.99 Å². The first-order valence-electron chi connectivity index (χ1n) is 13.1. The zero-order valence-corrected chi connectivity index (χ0v) is 21.1. The van der Waals surface area contributed by atoms with Crippen molar-refractivity contribution < 1.29 is 9.59 Å². The SMILES string of the molecule is CC12C=CC=C(C(=O)N3CCCC3)C1N=C(c1[nH]nc3ncc(-c4cncc(NC(=O)C5CC5)c4)cc13)N2. The predicted molar refractivity (Wildman–Crippen MR) is 143 cm³/mol. The summed E-state index contributed by atoms with van der Waals surface area (Å²) in [5.74, 6) is 0.871. The van der Waals surface area contributed by atoms with Crippen LogP contribution in [0, 0.1) is 5.92 Å². The lowest BCUT2D eigenvalue weighted by Gasteiger charge is -2.32. The summed E-state index contributed by atoms with van der Waals surface area (Å²) >= 11 is 0. The molecular formula is C28H28N8O2. The monoisotopic (exact) mass is 508 g/mol. The smallest absolute Gasteiger partial charge is 0.252 e. The number of rotatable bonds is 5. The van der Waals surface area contributed by atoms with Crippen LogP contribution in [0.5, 0.6) is 0 Å². The third kappa shape index (κ3) is 3.87. The Morgan fingerprint density at radius 3 is 2.74 bits per heavy atom. The van der Waals surface area contributed by atoms with Crippen molar-refractivity contribution in [2.45, 2.75) is 44.2 Å². The van der Waals surface area contributed by atoms with Gasteiger partial charge < -0.3 is 15.5 Å². The average molecular weight is 509 g/mol. The minimum atomic E-state index is -0.519. The number of carbonyl (C=O) groups is 2. The van der Waals surface area contributed by atoms with Crippen molar-refractivity contribution in [1.29, 1.82) is 0 Å². The van der Waals surface area contributed by atoms with Crippen LogP contribution in [0.1, 0.15) is 38.3 Å². The predicted octanol–water partition coefficient (Wildman–Crippen LogP) is 2.96. The van der Waals surface area contributed by atoms with E-state index >= 15 is 0 Å². The molecule has 1 saturated carbocycles. The average Bonchev–Trinajstić information content (AvgIpc) is 3.31. The van der Waals surface area contributed by atoms with Crippen LogP contribution in [-0.2, 0) is 9.59 Å². The molecule has 0 aromatic carbocycles. The summed E-state index contributed by atoms with van der Waals surface area (Å²) in [6, 6.07) is 3.57. The van der Waals surface area contributed by atoms with Gasteiger partial charge in [0.1, 0.15) is 17.6 Å². The third-order valence-corrected chi connectivity index (χ3v) is 7.80. The number of carbonyl (C=O) groups excluding carboxylic acids is 2. The van der Waals surface area contributed by atoms with Crippen LogP contribution in [0.3, 0.4) is 0 Å². The van der Waals surface area contributed by atoms with E-state index in [2.05, 4.69) is 43.8 Å². The molecule has 2 atom stereocenters. The molecule has 2 aliphatic carbocycles. The molecule has 3 aromatic rings. The lowest BCUT2D eigenvalue weighted by molar-refractivity contribution is -0.126. The van der Waals surface area contributed by atoms with E-state index in [0.717, 1.165) is 61.0 Å². The summed E-state index contributed by atoms with van der Waals surface area (Å²) in [6.45, 7) is 3.66. The third-order valence-electron chi connectivity index (χ3n) is 7.80. The van der Waals surface area contributed by atoms with Gasteiger partial charge >= 0.3 is 0 Å². The molecule has 4 aliphatic rings. The van der Waals surface area contributed by atoms with Crippen molar-refractivity contribution in [3.05, 3.63) is 60.2 Å². The van der Waals surface area contributed by atoms with E-state index in [9.17, 15) is 9.59 Å². The molecular weight excluding hydrogens is 480 g/mol. The number of amides is 2. The summed E-state index contributed by atoms with van der Waals surface area (Å²) in [5.41, 5.74) is 3.83. The molecule has 0 bridgehead atoms. The highest BCUT2D eigenvalue weighted by Gasteiger charge is 2.45. The number of nitrogens with one attached hydrogen (secondary N) is 3. The second kappa shape index (κ2) is 8.61. The van der Waals surface area contributed by atoms with Crippen molar-refractivity contribution in [2.75, 3.05) is 18.4 Å². The van der Waals surface area contributed by atoms with Crippen molar-refractivity contribution >= 4 is 34.4 Å². The Hall–Kier alpha value is -4.34. The maximum absolute atomic E-state index is 13.3. The van der Waals surface area contributed by atoms with E-state index in [-0.39, 0.29) is 23.8 Å². The molecule has 2 aliphatic heterocycles. The minimum Gasteiger partial charge on any atom is -0.357 e. The van der Waals surface area contributed by atoms with Gasteiger partial charge in [0.2, 0.25) is 5.91 Å². The quantitative estimate of drug-likeness (QED) is 0.486. The number of aromatic amines is 1. The number of anilines is 1. The molecule has 2 fully saturated rings. The fourth-order valence-corrected chi connectivity index (χ4v) is 5.50. The van der Waals surface area contributed by atoms with Crippen LogP contribution in [0.4, 0.5) is 5.69 Å². The van der Waals surface area contributed by atoms with Crippen LogP contribution in [-0.4, -0.2) is 67.4 Å². The van der Waals surface area contributed by atoms with Gasteiger partial charge in [-0.1, -0.05) is 18.2 Å². The first kappa shape index (κ1) is 22.8. The van der Waals surface area contributed by atoms with Crippen molar-refractivity contribution in [3.8, 4) is 11.1 Å². The summed E-state index contributed by atoms with van der Waals surface area (Å²) in [5, 5.41) is 14.8. The van der Waals surface area contributed by atoms with Crippen molar-refractivity contribution in [1.82, 2.24) is 30.4 Å². The van der Waals surface area contributed by atoms with Gasteiger partial charge in [-0.05, 0) is 44.7 Å². The number of amidine groups is 1. The van der Waals surface area contributed by atoms with Gasteiger partial charge in [0.15, 0.2) is 5.65 Å². The highest BCUT2D eigenvalue weighted by Crippen LogP contribution is 2.35. The molecule has 2 amide bonds. The maximum atomic E-state index is 13.3. The molecule has 0 radical (unpaired) electrons. The highest BCUT2D eigenvalue weighted by molar-refractivity contribution is 6.10. The van der Waals surface area contributed by atoms with Crippen molar-refractivity contribution in [2.24, 2.45) is 10.9 Å². The van der Waals surface area contributed by atoms with Crippen LogP contribution >= 0.6 is 0 Å². The Labute approximate surface area is 219 Å². The molecule has 3 N–H and O–H groups in total. The lowest BCUT2D eigenvalue weighted by Crippen LogP contribution is -2.50. The van der Waals surface area contributed by atoms with Gasteiger partial charge in [-0.25, -0.2) is 4.98 Å². The highest BCUT2D eigenvalue weighted by atomic mass is 16.2. The van der Waals surface area contributed by atoms with E-state index < -0.39 is 5.54 Å². The van der Waals surface area contributed by atoms with Crippen LogP contribution in [0.15, 0.2) is 59.5 Å². The van der Waals surface area contributed by atoms with Crippen LogP contribution in [0.25, 0.3) is 22.2 Å². The Morgan fingerprint density at radius 2 is 1.92 bits per heavy atom. The largest absolute Gasteiger partial charge is 0.357 e. The molecule has 3 aromatic heterocycles. The first-order chi connectivity index (χ1) is 18.5. The number of allylic oxidation sites excluding steroid dienone is 2. The zero-order chi connectivity index (χ0) is 25.9. The molecule has 5 heterocycles. The molecule has 10 heteroatoms. The van der Waals surface area contributed by atoms with Gasteiger partial charge in [-0.3, -0.25) is 24.7 Å². The fourth-order valence-electron chi connectivity index (χ4n) is 5.50. The number of nitrogens with zero attached hydrogens (tertiary/aromatic N) is 5. The number of aliphatic imine (C=N–C) groups is 1. The molecule has 2 unspecified atom stereocenters. The second-order valence-electron chi connectivity index (χ2n) is 10.7. The van der Waals surface area contributed by atoms with Gasteiger partial charge in [-0.15, -0.1) is 0 Å². The minimum absolute atomic E-state index is 0.0422. The van der Waals surface area contributed by atoms with Gasteiger partial charge in [0.25, 0.3) is 5.91 Å². The van der Waals surface area contributed by atoms with E-state index in [1.807, 2.05) is 29.2 Å². The second-order valence-corrected chi connectivity index (χ2v) is 10.7. The molecule has 10 nitrogen and oxygen atoms in total. The molecule has 38 heavy (non-hydrogen) atoms. The number of H-pyrrole nitrogens is 1. The van der Waals surface area contributed by atoms with E-state index in [1.54, 1.807) is 18.6 Å². The number of aromatic nitrogens is 4. The Balaban J connectivity index is 1.21. The van der Waals surface area contributed by atoms with Crippen LogP contribution in [0.2, 0.25) is 0 Å². The topological polar surface area (TPSA) is 128 Å². The molecule has 1 saturated heterocycles. The van der Waals surface area contributed by atoms with Gasteiger partial charge in [-0.2, -0.15) is 5.10 Å². The summed E-state index contributed by atoms with van der Waals surface area (Å²) < 4.78 is 0. The number of hydrogen-bond acceptors (Lipinski definition) is 7. The van der Waals surface area contributed by atoms with Crippen LogP contribution < -0.4 is 10.6 Å². The van der Waals surface area contributed by atoms with Gasteiger partial charge in [0.05, 0.1) is 22.8 Å². The number of hydrogen-bond donors (Lipinski definition) is 3.